The molecule has 0 amide bonds. The fourth-order valence-corrected chi connectivity index (χ4v) is 2.19. The third-order valence-electron chi connectivity index (χ3n) is 3.06. The monoisotopic (exact) mass is 252 g/mol. The van der Waals surface area contributed by atoms with Gasteiger partial charge in [0.15, 0.2) is 0 Å². The molecule has 1 aliphatic heterocycles. The van der Waals surface area contributed by atoms with E-state index < -0.39 is 0 Å². The highest BCUT2D eigenvalue weighted by Crippen LogP contribution is 2.20. The minimum Gasteiger partial charge on any atom is -0.497 e. The van der Waals surface area contributed by atoms with Crippen molar-refractivity contribution < 1.29 is 14.6 Å². The van der Waals surface area contributed by atoms with Gasteiger partial charge < -0.3 is 20.3 Å². The second kappa shape index (κ2) is 6.04. The third kappa shape index (κ3) is 3.35. The molecule has 0 saturated carbocycles. The maximum Gasteiger partial charge on any atom is 0.121 e. The number of morpholine rings is 1. The molecule has 0 aliphatic carbocycles. The first-order valence-corrected chi connectivity index (χ1v) is 6.09. The summed E-state index contributed by atoms with van der Waals surface area (Å²) in [5.41, 5.74) is 7.65. The topological polar surface area (TPSA) is 68.0 Å². The van der Waals surface area contributed by atoms with Crippen LogP contribution in [0.5, 0.6) is 5.75 Å². The lowest BCUT2D eigenvalue weighted by molar-refractivity contribution is -0.0551. The Morgan fingerprint density at radius 3 is 3.06 bits per heavy atom. The van der Waals surface area contributed by atoms with Crippen LogP contribution in [0, 0.1) is 0 Å². The van der Waals surface area contributed by atoms with Crippen molar-refractivity contribution in [1.82, 2.24) is 4.90 Å². The minimum absolute atomic E-state index is 0.0662. The third-order valence-corrected chi connectivity index (χ3v) is 3.06. The molecule has 18 heavy (non-hydrogen) atoms. The SMILES string of the molecule is COc1cc(N)cc(CN2CCOC(CO)C2)c1. The lowest BCUT2D eigenvalue weighted by atomic mass is 10.1. The highest BCUT2D eigenvalue weighted by Gasteiger charge is 2.19. The number of ether oxygens (including phenoxy) is 2. The Bertz CT molecular complexity index is 398. The van der Waals surface area contributed by atoms with Gasteiger partial charge in [-0.15, -0.1) is 0 Å². The van der Waals surface area contributed by atoms with Crippen LogP contribution >= 0.6 is 0 Å². The van der Waals surface area contributed by atoms with Crippen molar-refractivity contribution in [3.05, 3.63) is 23.8 Å². The first-order valence-electron chi connectivity index (χ1n) is 6.09. The molecule has 1 aromatic rings. The Labute approximate surface area is 107 Å². The Hall–Kier alpha value is -1.30. The van der Waals surface area contributed by atoms with Crippen molar-refractivity contribution in [2.45, 2.75) is 12.6 Å². The molecule has 5 nitrogen and oxygen atoms in total. The molecule has 1 fully saturated rings. The van der Waals surface area contributed by atoms with Gasteiger partial charge in [0.05, 0.1) is 26.4 Å². The number of nitrogens with two attached hydrogens (primary N) is 1. The van der Waals surface area contributed by atoms with Crippen molar-refractivity contribution in [1.29, 1.82) is 0 Å². The number of aliphatic hydroxyl groups is 1. The highest BCUT2D eigenvalue weighted by molar-refractivity contribution is 5.47. The van der Waals surface area contributed by atoms with Gasteiger partial charge in [-0.1, -0.05) is 0 Å². The van der Waals surface area contributed by atoms with Crippen molar-refractivity contribution >= 4 is 5.69 Å². The van der Waals surface area contributed by atoms with E-state index >= 15 is 0 Å². The van der Waals surface area contributed by atoms with Gasteiger partial charge in [0.1, 0.15) is 5.75 Å². The first-order chi connectivity index (χ1) is 8.71. The molecule has 1 aliphatic rings. The van der Waals surface area contributed by atoms with Crippen LogP contribution in [0.4, 0.5) is 5.69 Å². The van der Waals surface area contributed by atoms with Gasteiger partial charge >= 0.3 is 0 Å². The summed E-state index contributed by atoms with van der Waals surface area (Å²) >= 11 is 0. The van der Waals surface area contributed by atoms with E-state index in [4.69, 9.17) is 20.3 Å². The number of methoxy groups -OCH3 is 1. The van der Waals surface area contributed by atoms with Crippen molar-refractivity contribution in [2.75, 3.05) is 39.1 Å². The molecule has 0 aromatic heterocycles. The van der Waals surface area contributed by atoms with E-state index in [1.807, 2.05) is 12.1 Å². The fraction of sp³-hybridized carbons (Fsp3) is 0.538. The largest absolute Gasteiger partial charge is 0.497 e. The van der Waals surface area contributed by atoms with Crippen molar-refractivity contribution in [2.24, 2.45) is 0 Å². The zero-order chi connectivity index (χ0) is 13.0. The van der Waals surface area contributed by atoms with E-state index in [2.05, 4.69) is 4.90 Å². The van der Waals surface area contributed by atoms with Gasteiger partial charge in [-0.3, -0.25) is 4.90 Å². The van der Waals surface area contributed by atoms with E-state index in [1.54, 1.807) is 13.2 Å². The summed E-state index contributed by atoms with van der Waals surface area (Å²) in [7, 11) is 1.63. The molecule has 2 rings (SSSR count). The number of hydrogen-bond donors (Lipinski definition) is 2. The average molecular weight is 252 g/mol. The zero-order valence-electron chi connectivity index (χ0n) is 10.6. The number of hydrogen-bond acceptors (Lipinski definition) is 5. The van der Waals surface area contributed by atoms with Gasteiger partial charge in [-0.05, 0) is 17.7 Å². The number of nitrogens with zero attached hydrogens (tertiary/aromatic N) is 1. The first kappa shape index (κ1) is 13.1. The molecule has 100 valence electrons. The predicted molar refractivity (Wildman–Crippen MR) is 69.5 cm³/mol. The van der Waals surface area contributed by atoms with E-state index in [0.29, 0.717) is 12.3 Å². The molecule has 1 saturated heterocycles. The summed E-state index contributed by atoms with van der Waals surface area (Å²) in [4.78, 5) is 2.25. The van der Waals surface area contributed by atoms with Crippen LogP contribution in [0.2, 0.25) is 0 Å². The summed E-state index contributed by atoms with van der Waals surface area (Å²) in [6.45, 7) is 3.13. The smallest absolute Gasteiger partial charge is 0.121 e. The van der Waals surface area contributed by atoms with E-state index in [0.717, 1.165) is 30.9 Å². The predicted octanol–water partition coefficient (Wildman–Crippen LogP) is 0.470. The minimum atomic E-state index is -0.0818. The van der Waals surface area contributed by atoms with Gasteiger partial charge in [-0.2, -0.15) is 0 Å². The number of nitrogen functional groups attached to an aromatic ring is 1. The van der Waals surface area contributed by atoms with Gasteiger partial charge in [0.25, 0.3) is 0 Å². The van der Waals surface area contributed by atoms with Crippen LogP contribution in [0.25, 0.3) is 0 Å². The average Bonchev–Trinajstić information content (AvgIpc) is 2.38. The van der Waals surface area contributed by atoms with E-state index in [-0.39, 0.29) is 12.7 Å². The molecule has 1 aromatic carbocycles. The number of benzene rings is 1. The highest BCUT2D eigenvalue weighted by atomic mass is 16.5. The van der Waals surface area contributed by atoms with Crippen LogP contribution in [0.3, 0.4) is 0 Å². The Morgan fingerprint density at radius 1 is 1.50 bits per heavy atom. The van der Waals surface area contributed by atoms with Gasteiger partial charge in [-0.25, -0.2) is 0 Å². The van der Waals surface area contributed by atoms with Crippen LogP contribution in [0.15, 0.2) is 18.2 Å². The lowest BCUT2D eigenvalue weighted by Gasteiger charge is -2.32. The quantitative estimate of drug-likeness (QED) is 0.762. The van der Waals surface area contributed by atoms with Crippen molar-refractivity contribution in [3.63, 3.8) is 0 Å². The summed E-state index contributed by atoms with van der Waals surface area (Å²) < 4.78 is 10.6. The number of rotatable bonds is 4. The van der Waals surface area contributed by atoms with E-state index in [1.165, 1.54) is 0 Å². The second-order valence-electron chi connectivity index (χ2n) is 4.52. The summed E-state index contributed by atoms with van der Waals surface area (Å²) in [5.74, 6) is 0.775. The molecular weight excluding hydrogens is 232 g/mol. The standard InChI is InChI=1S/C13H20N2O3/c1-17-12-5-10(4-11(14)6-12)7-15-2-3-18-13(8-15)9-16/h4-6,13,16H,2-3,7-9,14H2,1H3. The fourth-order valence-electron chi connectivity index (χ4n) is 2.19. The molecule has 5 heteroatoms. The molecule has 1 heterocycles. The van der Waals surface area contributed by atoms with Crippen LogP contribution < -0.4 is 10.5 Å². The lowest BCUT2D eigenvalue weighted by Crippen LogP contribution is -2.43. The summed E-state index contributed by atoms with van der Waals surface area (Å²) in [5, 5.41) is 9.11. The molecule has 3 N–H and O–H groups in total. The molecule has 1 atom stereocenters. The molecule has 0 radical (unpaired) electrons. The number of anilines is 1. The Morgan fingerprint density at radius 2 is 2.33 bits per heavy atom. The molecule has 0 bridgehead atoms. The second-order valence-corrected chi connectivity index (χ2v) is 4.52. The van der Waals surface area contributed by atoms with Gasteiger partial charge in [0.2, 0.25) is 0 Å². The van der Waals surface area contributed by atoms with Crippen molar-refractivity contribution in [3.8, 4) is 5.75 Å². The summed E-state index contributed by atoms with van der Waals surface area (Å²) in [6, 6.07) is 5.74. The maximum absolute atomic E-state index is 9.11. The maximum atomic E-state index is 9.11. The molecule has 0 spiro atoms. The van der Waals surface area contributed by atoms with E-state index in [9.17, 15) is 0 Å². The zero-order valence-corrected chi connectivity index (χ0v) is 10.6. The molecular formula is C13H20N2O3. The van der Waals surface area contributed by atoms with Crippen LogP contribution in [0.1, 0.15) is 5.56 Å². The van der Waals surface area contributed by atoms with Crippen LogP contribution in [-0.4, -0.2) is 49.5 Å². The van der Waals surface area contributed by atoms with Crippen LogP contribution in [-0.2, 0) is 11.3 Å². The Kier molecular flexibility index (Phi) is 4.41. The molecule has 1 unspecified atom stereocenters. The Balaban J connectivity index is 2.02. The number of aliphatic hydroxyl groups excluding tert-OH is 1. The summed E-state index contributed by atoms with van der Waals surface area (Å²) in [6.07, 6.45) is -0.0818. The van der Waals surface area contributed by atoms with Gasteiger partial charge in [0, 0.05) is 31.4 Å². The normalized spacial score (nSPS) is 20.9.